The highest BCUT2D eigenvalue weighted by Crippen LogP contribution is 2.39. The Balaban J connectivity index is 0.000000136. The second kappa shape index (κ2) is 5.92. The minimum Gasteiger partial charge on any atom is -0.449 e. The van der Waals surface area contributed by atoms with Crippen LogP contribution in [0.25, 0.3) is 10.8 Å². The third kappa shape index (κ3) is 3.62. The lowest BCUT2D eigenvalue weighted by atomic mass is 10.1. The summed E-state index contributed by atoms with van der Waals surface area (Å²) in [7, 11) is 0. The molecule has 0 saturated carbocycles. The Bertz CT molecular complexity index is 840. The Hall–Kier alpha value is -2.55. The first-order chi connectivity index (χ1) is 10.9. The number of aryl methyl sites for hydroxylation is 2. The molecule has 0 spiro atoms. The fraction of sp³-hybridized carbons (Fsp3) is 0.250. The van der Waals surface area contributed by atoms with Gasteiger partial charge in [0.25, 0.3) is 0 Å². The van der Waals surface area contributed by atoms with E-state index in [4.69, 9.17) is 9.47 Å². The molecule has 1 aromatic heterocycles. The van der Waals surface area contributed by atoms with Crippen LogP contribution in [0.4, 0.5) is 0 Å². The molecule has 0 unspecified atom stereocenters. The van der Waals surface area contributed by atoms with Crippen LogP contribution in [-0.4, -0.2) is 10.8 Å². The smallest absolute Gasteiger partial charge is 0.246 e. The molecule has 23 heavy (non-hydrogen) atoms. The normalized spacial score (nSPS) is 14.3. The molecule has 0 amide bonds. The van der Waals surface area contributed by atoms with Gasteiger partial charge >= 0.3 is 0 Å². The van der Waals surface area contributed by atoms with Crippen molar-refractivity contribution >= 4 is 10.8 Å². The zero-order valence-electron chi connectivity index (χ0n) is 14.0. The quantitative estimate of drug-likeness (QED) is 0.582. The lowest BCUT2D eigenvalue weighted by molar-refractivity contribution is -0.0431. The van der Waals surface area contributed by atoms with Crippen LogP contribution >= 0.6 is 0 Å². The highest BCUT2D eigenvalue weighted by atomic mass is 16.7. The first-order valence-corrected chi connectivity index (χ1v) is 7.72. The number of nitrogens with zero attached hydrogens (tertiary/aromatic N) is 1. The summed E-state index contributed by atoms with van der Waals surface area (Å²) in [5, 5.41) is 2.47. The molecule has 0 fully saturated rings. The predicted octanol–water partition coefficient (Wildman–Crippen LogP) is 5.05. The van der Waals surface area contributed by atoms with Gasteiger partial charge in [-0.2, -0.15) is 0 Å². The van der Waals surface area contributed by atoms with Crippen molar-refractivity contribution < 1.29 is 9.47 Å². The van der Waals surface area contributed by atoms with Crippen molar-refractivity contribution in [1.29, 1.82) is 0 Å². The molecule has 118 valence electrons. The Labute approximate surface area is 136 Å². The van der Waals surface area contributed by atoms with Crippen molar-refractivity contribution in [2.45, 2.75) is 33.5 Å². The van der Waals surface area contributed by atoms with E-state index < -0.39 is 5.79 Å². The average Bonchev–Trinajstić information content (AvgIpc) is 2.81. The van der Waals surface area contributed by atoms with E-state index in [0.29, 0.717) is 0 Å². The van der Waals surface area contributed by atoms with E-state index in [1.807, 2.05) is 57.4 Å². The van der Waals surface area contributed by atoms with E-state index in [-0.39, 0.29) is 0 Å². The van der Waals surface area contributed by atoms with Crippen LogP contribution in [0.3, 0.4) is 0 Å². The molecule has 1 aliphatic rings. The number of benzene rings is 2. The van der Waals surface area contributed by atoms with E-state index in [0.717, 1.165) is 11.5 Å². The molecule has 3 aromatic rings. The van der Waals surface area contributed by atoms with Gasteiger partial charge in [0.2, 0.25) is 5.79 Å². The van der Waals surface area contributed by atoms with Gasteiger partial charge < -0.3 is 9.47 Å². The van der Waals surface area contributed by atoms with Gasteiger partial charge in [-0.25, -0.2) is 0 Å². The van der Waals surface area contributed by atoms with Crippen molar-refractivity contribution in [3.8, 4) is 11.5 Å². The number of ether oxygens (including phenoxy) is 2. The van der Waals surface area contributed by atoms with Crippen LogP contribution in [0.5, 0.6) is 11.5 Å². The van der Waals surface area contributed by atoms with Crippen LogP contribution < -0.4 is 9.47 Å². The van der Waals surface area contributed by atoms with E-state index in [2.05, 4.69) is 30.1 Å². The minimum absolute atomic E-state index is 0.504. The van der Waals surface area contributed by atoms with E-state index in [1.165, 1.54) is 21.9 Å². The van der Waals surface area contributed by atoms with Gasteiger partial charge in [0.1, 0.15) is 0 Å². The van der Waals surface area contributed by atoms with Crippen molar-refractivity contribution in [3.05, 3.63) is 66.0 Å². The zero-order valence-corrected chi connectivity index (χ0v) is 14.0. The number of rotatable bonds is 0. The fourth-order valence-corrected chi connectivity index (χ4v) is 2.53. The highest BCUT2D eigenvalue weighted by Gasteiger charge is 2.31. The standard InChI is InChI=1S/C10H9N.C10H12O2/c1-8-2-3-9-4-5-11-7-10(9)6-8;1-7-4-5-8-9(6-7)12-10(2,3)11-8/h2-7H,1H3;4-6H,1-3H3. The van der Waals surface area contributed by atoms with Crippen molar-refractivity contribution in [1.82, 2.24) is 4.98 Å². The first-order valence-electron chi connectivity index (χ1n) is 7.72. The summed E-state index contributed by atoms with van der Waals surface area (Å²) in [4.78, 5) is 4.05. The molecule has 3 heteroatoms. The second-order valence-electron chi connectivity index (χ2n) is 6.28. The van der Waals surface area contributed by atoms with Gasteiger partial charge in [-0.05, 0) is 49.1 Å². The Kier molecular flexibility index (Phi) is 3.95. The molecule has 0 saturated heterocycles. The molecular weight excluding hydrogens is 286 g/mol. The van der Waals surface area contributed by atoms with Crippen molar-refractivity contribution in [3.63, 3.8) is 0 Å². The average molecular weight is 307 g/mol. The van der Waals surface area contributed by atoms with Gasteiger partial charge in [0.15, 0.2) is 11.5 Å². The van der Waals surface area contributed by atoms with E-state index in [1.54, 1.807) is 0 Å². The van der Waals surface area contributed by atoms with Crippen LogP contribution in [0.2, 0.25) is 0 Å². The molecule has 0 radical (unpaired) electrons. The summed E-state index contributed by atoms with van der Waals surface area (Å²) in [5.74, 6) is 1.18. The van der Waals surface area contributed by atoms with Gasteiger partial charge in [0, 0.05) is 31.6 Å². The third-order valence-electron chi connectivity index (χ3n) is 3.61. The molecule has 0 aliphatic carbocycles. The number of pyridine rings is 1. The molecule has 0 bridgehead atoms. The number of aromatic nitrogens is 1. The fourth-order valence-electron chi connectivity index (χ4n) is 2.53. The maximum atomic E-state index is 5.55. The van der Waals surface area contributed by atoms with Crippen LogP contribution in [0.15, 0.2) is 54.9 Å². The molecule has 2 aromatic carbocycles. The Morgan fingerprint density at radius 1 is 0.783 bits per heavy atom. The summed E-state index contributed by atoms with van der Waals surface area (Å²) in [6.45, 7) is 7.94. The van der Waals surface area contributed by atoms with Crippen LogP contribution in [0, 0.1) is 13.8 Å². The molecular formula is C20H21NO2. The summed E-state index contributed by atoms with van der Waals surface area (Å²) in [6, 6.07) is 14.3. The van der Waals surface area contributed by atoms with Crippen LogP contribution in [-0.2, 0) is 0 Å². The maximum absolute atomic E-state index is 5.55. The van der Waals surface area contributed by atoms with Gasteiger partial charge in [-0.15, -0.1) is 0 Å². The summed E-state index contributed by atoms with van der Waals surface area (Å²) in [6.07, 6.45) is 3.71. The van der Waals surface area contributed by atoms with Gasteiger partial charge in [-0.3, -0.25) is 4.98 Å². The molecule has 2 heterocycles. The van der Waals surface area contributed by atoms with Crippen LogP contribution in [0.1, 0.15) is 25.0 Å². The Morgan fingerprint density at radius 3 is 2.30 bits per heavy atom. The number of hydrogen-bond acceptors (Lipinski definition) is 3. The molecule has 0 atom stereocenters. The number of fused-ring (bicyclic) bond motifs is 2. The van der Waals surface area contributed by atoms with E-state index in [9.17, 15) is 0 Å². The predicted molar refractivity (Wildman–Crippen MR) is 93.0 cm³/mol. The molecule has 1 aliphatic heterocycles. The zero-order chi connectivity index (χ0) is 16.4. The Morgan fingerprint density at radius 2 is 1.48 bits per heavy atom. The summed E-state index contributed by atoms with van der Waals surface area (Å²) in [5.41, 5.74) is 2.47. The lowest BCUT2D eigenvalue weighted by Crippen LogP contribution is -2.29. The largest absolute Gasteiger partial charge is 0.449 e. The number of hydrogen-bond donors (Lipinski definition) is 0. The minimum atomic E-state index is -0.504. The summed E-state index contributed by atoms with van der Waals surface area (Å²) < 4.78 is 11.1. The highest BCUT2D eigenvalue weighted by molar-refractivity contribution is 5.81. The second-order valence-corrected chi connectivity index (χ2v) is 6.28. The molecule has 3 nitrogen and oxygen atoms in total. The van der Waals surface area contributed by atoms with Gasteiger partial charge in [0.05, 0.1) is 0 Å². The first kappa shape index (κ1) is 15.3. The van der Waals surface area contributed by atoms with Crippen molar-refractivity contribution in [2.75, 3.05) is 0 Å². The third-order valence-corrected chi connectivity index (χ3v) is 3.61. The SMILES string of the molecule is Cc1ccc2c(c1)OC(C)(C)O2.Cc1ccc2ccncc2c1. The topological polar surface area (TPSA) is 31.4 Å². The van der Waals surface area contributed by atoms with Gasteiger partial charge in [-0.1, -0.05) is 23.8 Å². The summed E-state index contributed by atoms with van der Waals surface area (Å²) >= 11 is 0. The molecule has 4 rings (SSSR count). The van der Waals surface area contributed by atoms with E-state index >= 15 is 0 Å². The monoisotopic (exact) mass is 307 g/mol. The maximum Gasteiger partial charge on any atom is 0.246 e. The van der Waals surface area contributed by atoms with Crippen molar-refractivity contribution in [2.24, 2.45) is 0 Å². The lowest BCUT2D eigenvalue weighted by Gasteiger charge is -2.16. The molecule has 0 N–H and O–H groups in total.